The third-order valence-electron chi connectivity index (χ3n) is 1.96. The zero-order chi connectivity index (χ0) is 10.0. The first-order valence-electron chi connectivity index (χ1n) is 4.42. The summed E-state index contributed by atoms with van der Waals surface area (Å²) in [5.41, 5.74) is 0. The van der Waals surface area contributed by atoms with Crippen LogP contribution in [0.25, 0.3) is 0 Å². The van der Waals surface area contributed by atoms with Gasteiger partial charge in [-0.15, -0.1) is 0 Å². The fourth-order valence-corrected chi connectivity index (χ4v) is 1.27. The average molecular weight is 188 g/mol. The predicted molar refractivity (Wildman–Crippen MR) is 47.3 cm³/mol. The van der Waals surface area contributed by atoms with E-state index in [-0.39, 0.29) is 25.2 Å². The molecule has 1 aliphatic heterocycles. The highest BCUT2D eigenvalue weighted by molar-refractivity contribution is 5.74. The molecule has 5 nitrogen and oxygen atoms in total. The highest BCUT2D eigenvalue weighted by Crippen LogP contribution is 2.09. The summed E-state index contributed by atoms with van der Waals surface area (Å²) in [5, 5.41) is 21.0. The Hall–Kier alpha value is -0.810. The van der Waals surface area contributed by atoms with Gasteiger partial charge in [-0.25, -0.2) is 4.79 Å². The topological polar surface area (TPSA) is 72.8 Å². The Kier molecular flexibility index (Phi) is 3.11. The summed E-state index contributed by atoms with van der Waals surface area (Å²) in [5.74, 6) is 0. The Labute approximate surface area is 77.3 Å². The number of amides is 2. The van der Waals surface area contributed by atoms with Gasteiger partial charge in [0, 0.05) is 6.04 Å². The van der Waals surface area contributed by atoms with Crippen molar-refractivity contribution >= 4 is 6.03 Å². The summed E-state index contributed by atoms with van der Waals surface area (Å²) in [6.07, 6.45) is -1.61. The van der Waals surface area contributed by atoms with E-state index in [0.29, 0.717) is 0 Å². The molecule has 1 fully saturated rings. The Morgan fingerprint density at radius 3 is 2.23 bits per heavy atom. The molecule has 1 saturated heterocycles. The van der Waals surface area contributed by atoms with Gasteiger partial charge in [-0.05, 0) is 13.8 Å². The maximum absolute atomic E-state index is 11.3. The Balaban J connectivity index is 2.42. The fourth-order valence-electron chi connectivity index (χ4n) is 1.27. The van der Waals surface area contributed by atoms with Crippen molar-refractivity contribution in [3.05, 3.63) is 0 Å². The van der Waals surface area contributed by atoms with Crippen LogP contribution in [0.1, 0.15) is 13.8 Å². The lowest BCUT2D eigenvalue weighted by atomic mass is 10.3. The van der Waals surface area contributed by atoms with Crippen LogP contribution in [0, 0.1) is 0 Å². The molecule has 0 aromatic rings. The van der Waals surface area contributed by atoms with Gasteiger partial charge < -0.3 is 20.4 Å². The molecular weight excluding hydrogens is 172 g/mol. The van der Waals surface area contributed by atoms with E-state index in [2.05, 4.69) is 5.32 Å². The van der Waals surface area contributed by atoms with E-state index in [1.165, 1.54) is 4.90 Å². The summed E-state index contributed by atoms with van der Waals surface area (Å²) in [7, 11) is 0. The van der Waals surface area contributed by atoms with E-state index < -0.39 is 12.2 Å². The molecule has 0 saturated carbocycles. The van der Waals surface area contributed by atoms with E-state index >= 15 is 0 Å². The molecule has 2 unspecified atom stereocenters. The fraction of sp³-hybridized carbons (Fsp3) is 0.875. The number of carbonyl (C=O) groups excluding carboxylic acids is 1. The molecule has 76 valence electrons. The zero-order valence-corrected chi connectivity index (χ0v) is 7.90. The van der Waals surface area contributed by atoms with Gasteiger partial charge in [0.2, 0.25) is 0 Å². The number of rotatable bonds is 1. The number of carbonyl (C=O) groups is 1. The van der Waals surface area contributed by atoms with Gasteiger partial charge in [0.25, 0.3) is 0 Å². The van der Waals surface area contributed by atoms with Crippen molar-refractivity contribution in [1.29, 1.82) is 0 Å². The second-order valence-corrected chi connectivity index (χ2v) is 3.64. The maximum atomic E-state index is 11.3. The maximum Gasteiger partial charge on any atom is 0.317 e. The number of nitrogens with zero attached hydrogens (tertiary/aromatic N) is 1. The van der Waals surface area contributed by atoms with E-state index in [4.69, 9.17) is 0 Å². The molecule has 0 aliphatic carbocycles. The monoisotopic (exact) mass is 188 g/mol. The molecule has 0 aromatic heterocycles. The molecule has 1 aliphatic rings. The molecule has 0 spiro atoms. The number of hydrogen-bond donors (Lipinski definition) is 3. The smallest absolute Gasteiger partial charge is 0.317 e. The van der Waals surface area contributed by atoms with Crippen LogP contribution in [0.3, 0.4) is 0 Å². The Morgan fingerprint density at radius 1 is 1.38 bits per heavy atom. The molecule has 2 atom stereocenters. The van der Waals surface area contributed by atoms with Gasteiger partial charge >= 0.3 is 6.03 Å². The highest BCUT2D eigenvalue weighted by Gasteiger charge is 2.32. The number of β-amino-alcohol motifs (C(OH)–C–C–N with tert-alkyl or cyclic N) is 2. The van der Waals surface area contributed by atoms with Crippen molar-refractivity contribution in [3.8, 4) is 0 Å². The summed E-state index contributed by atoms with van der Waals surface area (Å²) < 4.78 is 0. The molecule has 13 heavy (non-hydrogen) atoms. The van der Waals surface area contributed by atoms with Crippen LogP contribution in [-0.2, 0) is 0 Å². The van der Waals surface area contributed by atoms with Crippen molar-refractivity contribution < 1.29 is 15.0 Å². The van der Waals surface area contributed by atoms with Crippen LogP contribution in [0.5, 0.6) is 0 Å². The van der Waals surface area contributed by atoms with Crippen LogP contribution >= 0.6 is 0 Å². The van der Waals surface area contributed by atoms with Gasteiger partial charge in [0.15, 0.2) is 0 Å². The van der Waals surface area contributed by atoms with Crippen LogP contribution < -0.4 is 5.32 Å². The van der Waals surface area contributed by atoms with Gasteiger partial charge in [-0.1, -0.05) is 0 Å². The number of nitrogens with one attached hydrogen (secondary N) is 1. The van der Waals surface area contributed by atoms with Crippen LogP contribution in [0.2, 0.25) is 0 Å². The summed E-state index contributed by atoms with van der Waals surface area (Å²) in [6, 6.07) is -0.159. The standard InChI is InChI=1S/C8H16N2O3/c1-5(2)9-8(13)10-3-6(11)7(12)4-10/h5-7,11-12H,3-4H2,1-2H3,(H,9,13). The molecule has 1 heterocycles. The van der Waals surface area contributed by atoms with E-state index in [1.54, 1.807) is 0 Å². The highest BCUT2D eigenvalue weighted by atomic mass is 16.3. The van der Waals surface area contributed by atoms with Gasteiger partial charge in [-0.2, -0.15) is 0 Å². The van der Waals surface area contributed by atoms with Crippen molar-refractivity contribution in [2.24, 2.45) is 0 Å². The quantitative estimate of drug-likeness (QED) is 0.501. The third-order valence-corrected chi connectivity index (χ3v) is 1.96. The largest absolute Gasteiger partial charge is 0.388 e. The second kappa shape index (κ2) is 3.93. The normalized spacial score (nSPS) is 28.2. The van der Waals surface area contributed by atoms with Crippen LogP contribution in [0.4, 0.5) is 4.79 Å². The lowest BCUT2D eigenvalue weighted by Gasteiger charge is -2.18. The number of urea groups is 1. The predicted octanol–water partition coefficient (Wildman–Crippen LogP) is -0.858. The first kappa shape index (κ1) is 10.3. The second-order valence-electron chi connectivity index (χ2n) is 3.64. The zero-order valence-electron chi connectivity index (χ0n) is 7.90. The van der Waals surface area contributed by atoms with E-state index in [9.17, 15) is 15.0 Å². The summed E-state index contributed by atoms with van der Waals surface area (Å²) >= 11 is 0. The molecule has 2 amide bonds. The van der Waals surface area contributed by atoms with Crippen molar-refractivity contribution in [3.63, 3.8) is 0 Å². The van der Waals surface area contributed by atoms with Crippen molar-refractivity contribution in [2.45, 2.75) is 32.1 Å². The van der Waals surface area contributed by atoms with Crippen molar-refractivity contribution in [2.75, 3.05) is 13.1 Å². The van der Waals surface area contributed by atoms with Gasteiger partial charge in [0.05, 0.1) is 25.3 Å². The molecule has 1 rings (SSSR count). The minimum Gasteiger partial charge on any atom is -0.388 e. The lowest BCUT2D eigenvalue weighted by molar-refractivity contribution is 0.0572. The van der Waals surface area contributed by atoms with E-state index in [0.717, 1.165) is 0 Å². The lowest BCUT2D eigenvalue weighted by Crippen LogP contribution is -2.42. The minimum absolute atomic E-state index is 0.0717. The summed E-state index contributed by atoms with van der Waals surface area (Å²) in [6.45, 7) is 4.14. The molecule has 3 N–H and O–H groups in total. The number of hydrogen-bond acceptors (Lipinski definition) is 3. The molecular formula is C8H16N2O3. The SMILES string of the molecule is CC(C)NC(=O)N1CC(O)C(O)C1. The van der Waals surface area contributed by atoms with E-state index in [1.807, 2.05) is 13.8 Å². The number of aliphatic hydroxyl groups is 2. The Morgan fingerprint density at radius 2 is 1.85 bits per heavy atom. The summed E-state index contributed by atoms with van der Waals surface area (Å²) in [4.78, 5) is 12.8. The first-order valence-corrected chi connectivity index (χ1v) is 4.42. The van der Waals surface area contributed by atoms with Crippen LogP contribution in [-0.4, -0.2) is 52.5 Å². The van der Waals surface area contributed by atoms with Crippen LogP contribution in [0.15, 0.2) is 0 Å². The van der Waals surface area contributed by atoms with Gasteiger partial charge in [-0.3, -0.25) is 0 Å². The number of aliphatic hydroxyl groups excluding tert-OH is 2. The number of likely N-dealkylation sites (tertiary alicyclic amines) is 1. The first-order chi connectivity index (χ1) is 6.00. The molecule has 0 bridgehead atoms. The average Bonchev–Trinajstić information content (AvgIpc) is 2.31. The molecule has 0 radical (unpaired) electrons. The van der Waals surface area contributed by atoms with Gasteiger partial charge in [0.1, 0.15) is 0 Å². The Bertz CT molecular complexity index is 186. The van der Waals surface area contributed by atoms with Crippen molar-refractivity contribution in [1.82, 2.24) is 10.2 Å². The minimum atomic E-state index is -0.807. The molecule has 5 heteroatoms. The molecule has 0 aromatic carbocycles. The third kappa shape index (κ3) is 2.57.